The van der Waals surface area contributed by atoms with Gasteiger partial charge in [-0.05, 0) is 18.2 Å². The molecule has 0 fully saturated rings. The van der Waals surface area contributed by atoms with E-state index < -0.39 is 21.8 Å². The maximum atomic E-state index is 12.4. The fraction of sp³-hybridized carbons (Fsp3) is 0.250. The van der Waals surface area contributed by atoms with E-state index in [1.807, 2.05) is 0 Å². The molecule has 1 aliphatic heterocycles. The normalized spacial score (nSPS) is 18.0. The van der Waals surface area contributed by atoms with Crippen LogP contribution in [0.2, 0.25) is 0 Å². The van der Waals surface area contributed by atoms with Crippen LogP contribution in [0, 0.1) is 0 Å². The van der Waals surface area contributed by atoms with Gasteiger partial charge in [0.1, 0.15) is 10.6 Å². The number of fused-ring (bicyclic) bond motifs is 1. The Bertz CT molecular complexity index is 595. The summed E-state index contributed by atoms with van der Waals surface area (Å²) >= 11 is 0. The van der Waals surface area contributed by atoms with Crippen molar-refractivity contribution in [3.05, 3.63) is 23.8 Å². The number of nitrogens with zero attached hydrogens (tertiary/aromatic N) is 3. The summed E-state index contributed by atoms with van der Waals surface area (Å²) in [5.74, 6) is 0. The van der Waals surface area contributed by atoms with E-state index in [1.54, 1.807) is 0 Å². The Hall–Kier alpha value is -1.64. The van der Waals surface area contributed by atoms with Crippen LogP contribution in [-0.4, -0.2) is 19.9 Å². The highest BCUT2D eigenvalue weighted by molar-refractivity contribution is 7.89. The van der Waals surface area contributed by atoms with Crippen LogP contribution in [0.25, 0.3) is 0 Å². The first-order chi connectivity index (χ1) is 7.73. The van der Waals surface area contributed by atoms with Gasteiger partial charge >= 0.3 is 6.18 Å². The monoisotopic (exact) mass is 265 g/mol. The maximum absolute atomic E-state index is 12.4. The first kappa shape index (κ1) is 11.8. The molecule has 92 valence electrons. The molecule has 1 aromatic rings. The molecule has 0 unspecified atom stereocenters. The maximum Gasteiger partial charge on any atom is 0.416 e. The van der Waals surface area contributed by atoms with Crippen molar-refractivity contribution >= 4 is 15.7 Å². The van der Waals surface area contributed by atoms with Gasteiger partial charge < -0.3 is 0 Å². The number of alkyl halides is 3. The van der Waals surface area contributed by atoms with Gasteiger partial charge in [0.15, 0.2) is 0 Å². The minimum absolute atomic E-state index is 0.289. The molecule has 2 rings (SSSR count). The minimum atomic E-state index is -4.54. The number of halogens is 3. The molecular weight excluding hydrogens is 259 g/mol. The summed E-state index contributed by atoms with van der Waals surface area (Å²) in [6.07, 6.45) is -4.54. The van der Waals surface area contributed by atoms with Crippen LogP contribution in [0.1, 0.15) is 5.56 Å². The standard InChI is InChI=1S/C8H6F3N3O2S/c1-14-13-12-6-4-5(8(9,10)11)2-3-7(6)17(14,15)16/h2-4H,1H3. The molecular formula is C8H6F3N3O2S. The molecule has 17 heavy (non-hydrogen) atoms. The molecule has 0 atom stereocenters. The Morgan fingerprint density at radius 1 is 1.29 bits per heavy atom. The van der Waals surface area contributed by atoms with Crippen molar-refractivity contribution < 1.29 is 21.6 Å². The SMILES string of the molecule is CN1N=Nc2cc(C(F)(F)F)ccc2S1(=O)=O. The van der Waals surface area contributed by atoms with E-state index >= 15 is 0 Å². The molecule has 0 saturated carbocycles. The van der Waals surface area contributed by atoms with Crippen molar-refractivity contribution in [2.24, 2.45) is 10.3 Å². The van der Waals surface area contributed by atoms with Crippen molar-refractivity contribution in [1.82, 2.24) is 4.41 Å². The molecule has 0 N–H and O–H groups in total. The van der Waals surface area contributed by atoms with Crippen LogP contribution < -0.4 is 0 Å². The smallest absolute Gasteiger partial charge is 0.199 e. The van der Waals surface area contributed by atoms with Crippen LogP contribution in [0.15, 0.2) is 33.4 Å². The Kier molecular flexibility index (Phi) is 2.38. The predicted octanol–water partition coefficient (Wildman–Crippen LogP) is 2.34. The molecule has 0 bridgehead atoms. The molecule has 0 amide bonds. The molecule has 1 heterocycles. The number of rotatable bonds is 0. The Labute approximate surface area is 94.6 Å². The largest absolute Gasteiger partial charge is 0.416 e. The quantitative estimate of drug-likeness (QED) is 0.722. The lowest BCUT2D eigenvalue weighted by molar-refractivity contribution is -0.137. The molecule has 0 aliphatic carbocycles. The number of sulfonamides is 1. The third kappa shape index (κ3) is 1.86. The summed E-state index contributed by atoms with van der Waals surface area (Å²) in [5, 5.41) is 6.67. The highest BCUT2D eigenvalue weighted by Crippen LogP contribution is 2.37. The highest BCUT2D eigenvalue weighted by atomic mass is 32.2. The van der Waals surface area contributed by atoms with Gasteiger partial charge in [-0.1, -0.05) is 5.22 Å². The van der Waals surface area contributed by atoms with Crippen molar-refractivity contribution in [3.8, 4) is 0 Å². The summed E-state index contributed by atoms with van der Waals surface area (Å²) < 4.78 is 61.1. The first-order valence-corrected chi connectivity index (χ1v) is 5.79. The Balaban J connectivity index is 2.64. The predicted molar refractivity (Wildman–Crippen MR) is 50.9 cm³/mol. The number of hydrogen-bond donors (Lipinski definition) is 0. The first-order valence-electron chi connectivity index (χ1n) is 4.35. The van der Waals surface area contributed by atoms with Crippen LogP contribution >= 0.6 is 0 Å². The minimum Gasteiger partial charge on any atom is -0.199 e. The third-order valence-corrected chi connectivity index (χ3v) is 3.86. The second-order valence-electron chi connectivity index (χ2n) is 3.31. The Morgan fingerprint density at radius 2 is 1.94 bits per heavy atom. The second kappa shape index (κ2) is 3.42. The van der Waals surface area contributed by atoms with Crippen molar-refractivity contribution in [2.75, 3.05) is 7.05 Å². The molecule has 1 aromatic carbocycles. The van der Waals surface area contributed by atoms with Crippen LogP contribution in [-0.2, 0) is 16.2 Å². The third-order valence-electron chi connectivity index (χ3n) is 2.19. The summed E-state index contributed by atoms with van der Waals surface area (Å²) in [4.78, 5) is -0.289. The molecule has 0 saturated heterocycles. The average Bonchev–Trinajstić information content (AvgIpc) is 2.22. The molecule has 9 heteroatoms. The summed E-state index contributed by atoms with van der Waals surface area (Å²) in [6.45, 7) is 0. The van der Waals surface area contributed by atoms with Crippen LogP contribution in [0.5, 0.6) is 0 Å². The van der Waals surface area contributed by atoms with Gasteiger partial charge in [0, 0.05) is 7.05 Å². The van der Waals surface area contributed by atoms with Gasteiger partial charge in [-0.2, -0.15) is 26.0 Å². The van der Waals surface area contributed by atoms with E-state index in [2.05, 4.69) is 10.3 Å². The molecule has 1 aliphatic rings. The lowest BCUT2D eigenvalue weighted by Gasteiger charge is -2.18. The zero-order valence-electron chi connectivity index (χ0n) is 8.43. The van der Waals surface area contributed by atoms with Crippen molar-refractivity contribution in [1.29, 1.82) is 0 Å². The van der Waals surface area contributed by atoms with E-state index in [9.17, 15) is 21.6 Å². The van der Waals surface area contributed by atoms with E-state index in [4.69, 9.17) is 0 Å². The van der Waals surface area contributed by atoms with Gasteiger partial charge in [0.05, 0.1) is 5.56 Å². The summed E-state index contributed by atoms with van der Waals surface area (Å²) in [7, 11) is -2.73. The summed E-state index contributed by atoms with van der Waals surface area (Å²) in [6, 6.07) is 2.23. The lowest BCUT2D eigenvalue weighted by Crippen LogP contribution is -2.23. The summed E-state index contributed by atoms with van der Waals surface area (Å²) in [5.41, 5.74) is -1.27. The fourth-order valence-corrected chi connectivity index (χ4v) is 2.31. The second-order valence-corrected chi connectivity index (χ2v) is 5.23. The van der Waals surface area contributed by atoms with E-state index in [0.717, 1.165) is 13.1 Å². The van der Waals surface area contributed by atoms with Crippen LogP contribution in [0.4, 0.5) is 18.9 Å². The van der Waals surface area contributed by atoms with E-state index in [0.29, 0.717) is 16.5 Å². The van der Waals surface area contributed by atoms with Crippen molar-refractivity contribution in [3.63, 3.8) is 0 Å². The number of benzene rings is 1. The molecule has 0 aromatic heterocycles. The van der Waals surface area contributed by atoms with E-state index in [1.165, 1.54) is 0 Å². The lowest BCUT2D eigenvalue weighted by atomic mass is 10.2. The average molecular weight is 265 g/mol. The topological polar surface area (TPSA) is 62.1 Å². The van der Waals surface area contributed by atoms with Gasteiger partial charge in [-0.25, -0.2) is 0 Å². The van der Waals surface area contributed by atoms with Gasteiger partial charge in [0.2, 0.25) is 0 Å². The van der Waals surface area contributed by atoms with Gasteiger partial charge in [-0.3, -0.25) is 0 Å². The zero-order chi connectivity index (χ0) is 12.8. The molecule has 5 nitrogen and oxygen atoms in total. The fourth-order valence-electron chi connectivity index (χ4n) is 1.29. The molecule has 0 radical (unpaired) electrons. The number of hydrogen-bond acceptors (Lipinski definition) is 4. The van der Waals surface area contributed by atoms with Crippen molar-refractivity contribution in [2.45, 2.75) is 11.1 Å². The molecule has 0 spiro atoms. The Morgan fingerprint density at radius 3 is 2.53 bits per heavy atom. The van der Waals surface area contributed by atoms with Gasteiger partial charge in [0.25, 0.3) is 10.0 Å². The highest BCUT2D eigenvalue weighted by Gasteiger charge is 2.34. The van der Waals surface area contributed by atoms with Gasteiger partial charge in [-0.15, -0.1) is 5.11 Å². The zero-order valence-corrected chi connectivity index (χ0v) is 9.25. The van der Waals surface area contributed by atoms with Crippen LogP contribution in [0.3, 0.4) is 0 Å². The van der Waals surface area contributed by atoms with E-state index in [-0.39, 0.29) is 10.6 Å².